The SMILES string of the molecule is NC(=O)c1ccc(-c2nc(NC3CCN(Cc4ccccc4)CC3)c3ncn(-c4ccsc4)c3n2)cc1. The Balaban J connectivity index is 1.28. The zero-order valence-electron chi connectivity index (χ0n) is 20.2. The van der Waals surface area contributed by atoms with Gasteiger partial charge in [-0.2, -0.15) is 11.3 Å². The van der Waals surface area contributed by atoms with Gasteiger partial charge in [0.05, 0.1) is 5.69 Å². The summed E-state index contributed by atoms with van der Waals surface area (Å²) in [6, 6.07) is 20.0. The topological polar surface area (TPSA) is 102 Å². The smallest absolute Gasteiger partial charge is 0.248 e. The highest BCUT2D eigenvalue weighted by molar-refractivity contribution is 7.08. The number of nitrogens with zero attached hydrogens (tertiary/aromatic N) is 5. The summed E-state index contributed by atoms with van der Waals surface area (Å²) >= 11 is 1.63. The fourth-order valence-electron chi connectivity index (χ4n) is 4.77. The Bertz CT molecular complexity index is 1510. The number of nitrogens with two attached hydrogens (primary N) is 1. The third-order valence-corrected chi connectivity index (χ3v) is 7.46. The van der Waals surface area contributed by atoms with Crippen LogP contribution in [0, 0.1) is 0 Å². The van der Waals surface area contributed by atoms with E-state index in [0.717, 1.165) is 60.7 Å². The second-order valence-corrected chi connectivity index (χ2v) is 10.1. The molecule has 0 aliphatic carbocycles. The van der Waals surface area contributed by atoms with Crippen LogP contribution in [0.5, 0.6) is 0 Å². The molecule has 3 N–H and O–H groups in total. The monoisotopic (exact) mass is 509 g/mol. The van der Waals surface area contributed by atoms with Gasteiger partial charge in [-0.05, 0) is 42.0 Å². The first-order chi connectivity index (χ1) is 18.1. The molecular weight excluding hydrogens is 482 g/mol. The van der Waals surface area contributed by atoms with E-state index in [0.29, 0.717) is 17.4 Å². The molecule has 2 aromatic carbocycles. The van der Waals surface area contributed by atoms with Gasteiger partial charge >= 0.3 is 0 Å². The number of fused-ring (bicyclic) bond motifs is 1. The lowest BCUT2D eigenvalue weighted by molar-refractivity contribution is 0.100. The van der Waals surface area contributed by atoms with Crippen LogP contribution in [0.4, 0.5) is 5.82 Å². The maximum atomic E-state index is 11.5. The van der Waals surface area contributed by atoms with Crippen molar-refractivity contribution in [1.29, 1.82) is 0 Å². The summed E-state index contributed by atoms with van der Waals surface area (Å²) in [6.07, 6.45) is 3.84. The Hall–Kier alpha value is -4.08. The number of hydrogen-bond donors (Lipinski definition) is 2. The van der Waals surface area contributed by atoms with Crippen LogP contribution in [-0.2, 0) is 6.54 Å². The number of nitrogens with one attached hydrogen (secondary N) is 1. The number of imidazole rings is 1. The van der Waals surface area contributed by atoms with Gasteiger partial charge < -0.3 is 11.1 Å². The van der Waals surface area contributed by atoms with E-state index in [1.54, 1.807) is 29.8 Å². The molecule has 1 aliphatic heterocycles. The minimum absolute atomic E-state index is 0.293. The molecule has 0 unspecified atom stereocenters. The van der Waals surface area contributed by atoms with Crippen LogP contribution in [0.25, 0.3) is 28.2 Å². The minimum atomic E-state index is -0.459. The van der Waals surface area contributed by atoms with Crippen LogP contribution in [0.3, 0.4) is 0 Å². The van der Waals surface area contributed by atoms with E-state index in [2.05, 4.69) is 45.9 Å². The van der Waals surface area contributed by atoms with Crippen molar-refractivity contribution >= 4 is 34.2 Å². The van der Waals surface area contributed by atoms with Crippen LogP contribution in [0.1, 0.15) is 28.8 Å². The molecule has 0 spiro atoms. The molecule has 0 atom stereocenters. The number of hydrogen-bond acceptors (Lipinski definition) is 7. The van der Waals surface area contributed by atoms with Gasteiger partial charge in [-0.15, -0.1) is 0 Å². The standard InChI is InChI=1S/C28H27N7OS/c29-25(36)20-6-8-21(9-7-20)26-32-27(24-28(33-26)35(18-30-24)23-12-15-37-17-23)31-22-10-13-34(14-11-22)16-19-4-2-1-3-5-19/h1-9,12,15,17-18,22H,10-11,13-14,16H2,(H2,29,36)(H,31,32,33). The van der Waals surface area contributed by atoms with Crippen LogP contribution < -0.4 is 11.1 Å². The Morgan fingerprint density at radius 2 is 1.81 bits per heavy atom. The van der Waals surface area contributed by atoms with Crippen molar-refractivity contribution in [1.82, 2.24) is 24.4 Å². The predicted octanol–water partition coefficient (Wildman–Crippen LogP) is 4.72. The van der Waals surface area contributed by atoms with Gasteiger partial charge in [-0.1, -0.05) is 42.5 Å². The minimum Gasteiger partial charge on any atom is -0.366 e. The Labute approximate surface area is 218 Å². The van der Waals surface area contributed by atoms with Crippen molar-refractivity contribution < 1.29 is 4.79 Å². The van der Waals surface area contributed by atoms with Gasteiger partial charge in [0.2, 0.25) is 5.91 Å². The number of piperidine rings is 1. The number of likely N-dealkylation sites (tertiary alicyclic amines) is 1. The van der Waals surface area contributed by atoms with E-state index < -0.39 is 5.91 Å². The van der Waals surface area contributed by atoms with Gasteiger partial charge in [0.25, 0.3) is 0 Å². The van der Waals surface area contributed by atoms with E-state index in [4.69, 9.17) is 20.7 Å². The number of anilines is 1. The molecule has 9 heteroatoms. The van der Waals surface area contributed by atoms with Gasteiger partial charge in [-0.25, -0.2) is 15.0 Å². The molecule has 5 aromatic rings. The maximum absolute atomic E-state index is 11.5. The van der Waals surface area contributed by atoms with Crippen LogP contribution in [-0.4, -0.2) is 49.5 Å². The van der Waals surface area contributed by atoms with E-state index in [1.807, 2.05) is 28.1 Å². The lowest BCUT2D eigenvalue weighted by Crippen LogP contribution is -2.38. The quantitative estimate of drug-likeness (QED) is 0.329. The van der Waals surface area contributed by atoms with Gasteiger partial charge in [0.1, 0.15) is 6.33 Å². The lowest BCUT2D eigenvalue weighted by Gasteiger charge is -2.32. The van der Waals surface area contributed by atoms with E-state index in [9.17, 15) is 4.79 Å². The molecule has 4 heterocycles. The average molecular weight is 510 g/mol. The molecule has 37 heavy (non-hydrogen) atoms. The highest BCUT2D eigenvalue weighted by Gasteiger charge is 2.22. The fraction of sp³-hybridized carbons (Fsp3) is 0.214. The predicted molar refractivity (Wildman–Crippen MR) is 147 cm³/mol. The summed E-state index contributed by atoms with van der Waals surface area (Å²) in [5, 5.41) is 7.79. The Kier molecular flexibility index (Phi) is 6.38. The molecule has 1 aliphatic rings. The normalized spacial score (nSPS) is 14.7. The van der Waals surface area contributed by atoms with Gasteiger partial charge in [-0.3, -0.25) is 14.3 Å². The molecule has 3 aromatic heterocycles. The first-order valence-electron chi connectivity index (χ1n) is 12.3. The van der Waals surface area contributed by atoms with E-state index in [-0.39, 0.29) is 0 Å². The van der Waals surface area contributed by atoms with Crippen molar-refractivity contribution in [3.63, 3.8) is 0 Å². The van der Waals surface area contributed by atoms with Crippen molar-refractivity contribution in [3.05, 3.63) is 88.9 Å². The number of amides is 1. The summed E-state index contributed by atoms with van der Waals surface area (Å²) in [6.45, 7) is 3.01. The maximum Gasteiger partial charge on any atom is 0.248 e. The lowest BCUT2D eigenvalue weighted by atomic mass is 10.0. The highest BCUT2D eigenvalue weighted by atomic mass is 32.1. The molecule has 0 saturated carbocycles. The highest BCUT2D eigenvalue weighted by Crippen LogP contribution is 2.28. The van der Waals surface area contributed by atoms with Crippen molar-refractivity contribution in [2.24, 2.45) is 5.73 Å². The first-order valence-corrected chi connectivity index (χ1v) is 13.3. The fourth-order valence-corrected chi connectivity index (χ4v) is 5.40. The molecule has 186 valence electrons. The second-order valence-electron chi connectivity index (χ2n) is 9.29. The summed E-state index contributed by atoms with van der Waals surface area (Å²) < 4.78 is 1.99. The van der Waals surface area contributed by atoms with Gasteiger partial charge in [0, 0.05) is 42.2 Å². The summed E-state index contributed by atoms with van der Waals surface area (Å²) in [4.78, 5) is 28.5. The van der Waals surface area contributed by atoms with E-state index >= 15 is 0 Å². The average Bonchev–Trinajstić information content (AvgIpc) is 3.61. The van der Waals surface area contributed by atoms with Gasteiger partial charge in [0.15, 0.2) is 22.8 Å². The Morgan fingerprint density at radius 3 is 2.51 bits per heavy atom. The van der Waals surface area contributed by atoms with Crippen LogP contribution in [0.2, 0.25) is 0 Å². The number of carbonyl (C=O) groups is 1. The van der Waals surface area contributed by atoms with E-state index in [1.165, 1.54) is 5.56 Å². The molecule has 0 bridgehead atoms. The molecule has 6 rings (SSSR count). The summed E-state index contributed by atoms with van der Waals surface area (Å²) in [7, 11) is 0. The number of benzene rings is 2. The first kappa shape index (κ1) is 23.3. The zero-order chi connectivity index (χ0) is 25.2. The second kappa shape index (κ2) is 10.1. The van der Waals surface area contributed by atoms with Crippen molar-refractivity contribution in [2.45, 2.75) is 25.4 Å². The number of primary amides is 1. The summed E-state index contributed by atoms with van der Waals surface area (Å²) in [5.74, 6) is 0.846. The third-order valence-electron chi connectivity index (χ3n) is 6.79. The number of thiophene rings is 1. The summed E-state index contributed by atoms with van der Waals surface area (Å²) in [5.41, 5.74) is 10.5. The van der Waals surface area contributed by atoms with Crippen LogP contribution in [0.15, 0.2) is 77.8 Å². The van der Waals surface area contributed by atoms with Crippen molar-refractivity contribution in [2.75, 3.05) is 18.4 Å². The van der Waals surface area contributed by atoms with Crippen LogP contribution >= 0.6 is 11.3 Å². The zero-order valence-corrected chi connectivity index (χ0v) is 21.1. The third kappa shape index (κ3) is 4.96. The number of aromatic nitrogens is 4. The molecule has 0 radical (unpaired) electrons. The van der Waals surface area contributed by atoms with Crippen molar-refractivity contribution in [3.8, 4) is 17.1 Å². The molecule has 1 saturated heterocycles. The number of rotatable bonds is 7. The Morgan fingerprint density at radius 1 is 1.03 bits per heavy atom. The molecule has 1 fully saturated rings. The molecule has 8 nitrogen and oxygen atoms in total. The largest absolute Gasteiger partial charge is 0.366 e. The number of carbonyl (C=O) groups excluding carboxylic acids is 1. The molecular formula is C28H27N7OS. The molecule has 1 amide bonds.